The maximum absolute atomic E-state index is 5.63. The lowest BCUT2D eigenvalue weighted by Gasteiger charge is -2.11. The Labute approximate surface area is 78.9 Å². The van der Waals surface area contributed by atoms with Gasteiger partial charge in [-0.3, -0.25) is 4.98 Å². The van der Waals surface area contributed by atoms with Crippen molar-refractivity contribution in [1.29, 1.82) is 0 Å². The van der Waals surface area contributed by atoms with Crippen LogP contribution in [0, 0.1) is 6.92 Å². The molecule has 1 aliphatic rings. The lowest BCUT2D eigenvalue weighted by atomic mass is 10.0. The van der Waals surface area contributed by atoms with Gasteiger partial charge in [0, 0.05) is 29.4 Å². The summed E-state index contributed by atoms with van der Waals surface area (Å²) in [5, 5.41) is 0. The van der Waals surface area contributed by atoms with Crippen LogP contribution < -0.4 is 4.74 Å². The number of rotatable bonds is 1. The summed E-state index contributed by atoms with van der Waals surface area (Å²) in [4.78, 5) is 4.39. The van der Waals surface area contributed by atoms with E-state index < -0.39 is 0 Å². The van der Waals surface area contributed by atoms with E-state index in [-0.39, 0.29) is 0 Å². The van der Waals surface area contributed by atoms with Gasteiger partial charge in [0.05, 0.1) is 6.61 Å². The highest BCUT2D eigenvalue weighted by atomic mass is 16.5. The quantitative estimate of drug-likeness (QED) is 0.657. The molecule has 0 fully saturated rings. The molecule has 13 heavy (non-hydrogen) atoms. The van der Waals surface area contributed by atoms with Gasteiger partial charge in [-0.1, -0.05) is 13.8 Å². The standard InChI is InChI=1S/C11H15NO/c1-7(2)10-6-12-8(3)9-4-5-13-11(9)10/h6-7H,4-5H2,1-3H3. The van der Waals surface area contributed by atoms with Crippen molar-refractivity contribution in [2.24, 2.45) is 0 Å². The highest BCUT2D eigenvalue weighted by Gasteiger charge is 2.20. The number of nitrogens with zero attached hydrogens (tertiary/aromatic N) is 1. The number of fused-ring (bicyclic) bond motifs is 1. The van der Waals surface area contributed by atoms with E-state index in [4.69, 9.17) is 4.74 Å². The topological polar surface area (TPSA) is 22.1 Å². The largest absolute Gasteiger partial charge is 0.493 e. The fourth-order valence-electron chi connectivity index (χ4n) is 1.77. The first-order valence-corrected chi connectivity index (χ1v) is 4.81. The van der Waals surface area contributed by atoms with Crippen molar-refractivity contribution in [3.8, 4) is 5.75 Å². The predicted molar refractivity (Wildman–Crippen MR) is 52.3 cm³/mol. The zero-order valence-corrected chi connectivity index (χ0v) is 8.42. The van der Waals surface area contributed by atoms with Crippen molar-refractivity contribution in [3.63, 3.8) is 0 Å². The van der Waals surface area contributed by atoms with E-state index in [0.29, 0.717) is 5.92 Å². The van der Waals surface area contributed by atoms with Gasteiger partial charge in [-0.05, 0) is 12.8 Å². The Morgan fingerprint density at radius 2 is 2.23 bits per heavy atom. The lowest BCUT2D eigenvalue weighted by Crippen LogP contribution is -1.96. The van der Waals surface area contributed by atoms with Crippen LogP contribution in [-0.4, -0.2) is 11.6 Å². The molecular formula is C11H15NO. The zero-order valence-electron chi connectivity index (χ0n) is 8.42. The number of hydrogen-bond acceptors (Lipinski definition) is 2. The molecule has 0 amide bonds. The van der Waals surface area contributed by atoms with Crippen LogP contribution in [0.1, 0.15) is 36.6 Å². The first-order valence-electron chi connectivity index (χ1n) is 4.81. The smallest absolute Gasteiger partial charge is 0.129 e. The average Bonchev–Trinajstić information content (AvgIpc) is 2.53. The maximum atomic E-state index is 5.63. The van der Waals surface area contributed by atoms with Gasteiger partial charge in [0.2, 0.25) is 0 Å². The zero-order chi connectivity index (χ0) is 9.42. The molecule has 0 unspecified atom stereocenters. The van der Waals surface area contributed by atoms with E-state index in [1.54, 1.807) is 0 Å². The maximum Gasteiger partial charge on any atom is 0.129 e. The molecule has 1 aromatic heterocycles. The van der Waals surface area contributed by atoms with Crippen LogP contribution in [-0.2, 0) is 6.42 Å². The van der Waals surface area contributed by atoms with Crippen molar-refractivity contribution < 1.29 is 4.74 Å². The third-order valence-electron chi connectivity index (χ3n) is 2.59. The lowest BCUT2D eigenvalue weighted by molar-refractivity contribution is 0.352. The average molecular weight is 177 g/mol. The molecule has 0 saturated heterocycles. The molecule has 70 valence electrons. The van der Waals surface area contributed by atoms with E-state index in [1.165, 1.54) is 11.1 Å². The number of aryl methyl sites for hydroxylation is 1. The van der Waals surface area contributed by atoms with Crippen molar-refractivity contribution in [1.82, 2.24) is 4.98 Å². The first kappa shape index (κ1) is 8.54. The molecule has 1 aliphatic heterocycles. The Hall–Kier alpha value is -1.05. The molecule has 0 N–H and O–H groups in total. The predicted octanol–water partition coefficient (Wildman–Crippen LogP) is 2.45. The van der Waals surface area contributed by atoms with Crippen LogP contribution in [0.4, 0.5) is 0 Å². The Balaban J connectivity index is 2.56. The molecular weight excluding hydrogens is 162 g/mol. The minimum atomic E-state index is 0.500. The summed E-state index contributed by atoms with van der Waals surface area (Å²) in [6, 6.07) is 0. The fraction of sp³-hybridized carbons (Fsp3) is 0.545. The molecule has 0 saturated carbocycles. The van der Waals surface area contributed by atoms with Gasteiger partial charge in [-0.2, -0.15) is 0 Å². The Bertz CT molecular complexity index is 331. The van der Waals surface area contributed by atoms with E-state index in [1.807, 2.05) is 6.20 Å². The molecule has 0 spiro atoms. The number of ether oxygens (including phenoxy) is 1. The van der Waals surface area contributed by atoms with Crippen molar-refractivity contribution in [2.45, 2.75) is 33.1 Å². The van der Waals surface area contributed by atoms with E-state index in [9.17, 15) is 0 Å². The van der Waals surface area contributed by atoms with E-state index in [2.05, 4.69) is 25.8 Å². The monoisotopic (exact) mass is 177 g/mol. The normalized spacial score (nSPS) is 14.5. The number of pyridine rings is 1. The van der Waals surface area contributed by atoms with Crippen LogP contribution >= 0.6 is 0 Å². The summed E-state index contributed by atoms with van der Waals surface area (Å²) in [5.41, 5.74) is 3.68. The second kappa shape index (κ2) is 3.02. The molecule has 0 aliphatic carbocycles. The van der Waals surface area contributed by atoms with Gasteiger partial charge in [-0.25, -0.2) is 0 Å². The molecule has 0 aromatic carbocycles. The van der Waals surface area contributed by atoms with E-state index in [0.717, 1.165) is 24.5 Å². The molecule has 2 heteroatoms. The molecule has 2 rings (SSSR count). The van der Waals surface area contributed by atoms with Gasteiger partial charge in [0.1, 0.15) is 5.75 Å². The van der Waals surface area contributed by atoms with Crippen molar-refractivity contribution >= 4 is 0 Å². The van der Waals surface area contributed by atoms with Gasteiger partial charge in [0.25, 0.3) is 0 Å². The highest BCUT2D eigenvalue weighted by molar-refractivity contribution is 5.46. The van der Waals surface area contributed by atoms with Crippen molar-refractivity contribution in [2.75, 3.05) is 6.61 Å². The Morgan fingerprint density at radius 3 is 2.92 bits per heavy atom. The third-order valence-corrected chi connectivity index (χ3v) is 2.59. The van der Waals surface area contributed by atoms with Crippen LogP contribution in [0.3, 0.4) is 0 Å². The second-order valence-corrected chi connectivity index (χ2v) is 3.86. The second-order valence-electron chi connectivity index (χ2n) is 3.86. The van der Waals surface area contributed by atoms with Crippen LogP contribution in [0.15, 0.2) is 6.20 Å². The SMILES string of the molecule is Cc1ncc(C(C)C)c2c1CCO2. The molecule has 0 bridgehead atoms. The highest BCUT2D eigenvalue weighted by Crippen LogP contribution is 2.34. The summed E-state index contributed by atoms with van der Waals surface area (Å²) in [6.07, 6.45) is 2.97. The minimum Gasteiger partial charge on any atom is -0.493 e. The minimum absolute atomic E-state index is 0.500. The fourth-order valence-corrected chi connectivity index (χ4v) is 1.77. The molecule has 1 aromatic rings. The van der Waals surface area contributed by atoms with Crippen molar-refractivity contribution in [3.05, 3.63) is 23.0 Å². The van der Waals surface area contributed by atoms with Gasteiger partial charge >= 0.3 is 0 Å². The third kappa shape index (κ3) is 1.30. The molecule has 0 radical (unpaired) electrons. The molecule has 0 atom stereocenters. The number of aromatic nitrogens is 1. The summed E-state index contributed by atoms with van der Waals surface area (Å²) in [5.74, 6) is 1.60. The summed E-state index contributed by atoms with van der Waals surface area (Å²) in [7, 11) is 0. The van der Waals surface area contributed by atoms with Gasteiger partial charge in [-0.15, -0.1) is 0 Å². The molecule has 2 heterocycles. The summed E-state index contributed by atoms with van der Waals surface area (Å²) < 4.78 is 5.63. The number of hydrogen-bond donors (Lipinski definition) is 0. The van der Waals surface area contributed by atoms with Crippen LogP contribution in [0.2, 0.25) is 0 Å². The van der Waals surface area contributed by atoms with Crippen LogP contribution in [0.5, 0.6) is 5.75 Å². The van der Waals surface area contributed by atoms with Gasteiger partial charge in [0.15, 0.2) is 0 Å². The Morgan fingerprint density at radius 1 is 1.46 bits per heavy atom. The summed E-state index contributed by atoms with van der Waals surface area (Å²) >= 11 is 0. The van der Waals surface area contributed by atoms with Crippen LogP contribution in [0.25, 0.3) is 0 Å². The Kier molecular flexibility index (Phi) is 1.98. The first-order chi connectivity index (χ1) is 6.20. The van der Waals surface area contributed by atoms with E-state index >= 15 is 0 Å². The molecule has 2 nitrogen and oxygen atoms in total. The van der Waals surface area contributed by atoms with Gasteiger partial charge < -0.3 is 4.74 Å². The summed E-state index contributed by atoms with van der Waals surface area (Å²) in [6.45, 7) is 7.22.